The van der Waals surface area contributed by atoms with Crippen LogP contribution in [0.15, 0.2) is 22.8 Å². The summed E-state index contributed by atoms with van der Waals surface area (Å²) < 4.78 is 0. The zero-order valence-electron chi connectivity index (χ0n) is 8.54. The van der Waals surface area contributed by atoms with Crippen molar-refractivity contribution < 1.29 is 5.11 Å². The lowest BCUT2D eigenvalue weighted by Crippen LogP contribution is -2.15. The monoisotopic (exact) mass is 240 g/mol. The zero-order valence-corrected chi connectivity index (χ0v) is 10.2. The normalized spacial score (nSPS) is 15.4. The van der Waals surface area contributed by atoms with Crippen LogP contribution in [0.5, 0.6) is 0 Å². The Bertz CT molecular complexity index is 455. The summed E-state index contributed by atoms with van der Waals surface area (Å²) in [6.07, 6.45) is 1.24. The highest BCUT2D eigenvalue weighted by Crippen LogP contribution is 2.31. The van der Waals surface area contributed by atoms with E-state index in [9.17, 15) is 5.11 Å². The molecule has 0 aliphatic heterocycles. The van der Waals surface area contributed by atoms with E-state index < -0.39 is 0 Å². The number of hydrogen-bond donors (Lipinski definition) is 1. The second-order valence-corrected chi connectivity index (χ2v) is 5.64. The topological polar surface area (TPSA) is 46.0 Å². The van der Waals surface area contributed by atoms with Crippen molar-refractivity contribution in [2.45, 2.75) is 30.2 Å². The van der Waals surface area contributed by atoms with E-state index in [1.807, 2.05) is 18.4 Å². The van der Waals surface area contributed by atoms with Crippen LogP contribution in [0, 0.1) is 0 Å². The summed E-state index contributed by atoms with van der Waals surface area (Å²) >= 11 is 3.20. The van der Waals surface area contributed by atoms with Crippen molar-refractivity contribution in [2.24, 2.45) is 0 Å². The lowest BCUT2D eigenvalue weighted by molar-refractivity contribution is 0.196. The first-order valence-electron chi connectivity index (χ1n) is 4.71. The van der Waals surface area contributed by atoms with Crippen LogP contribution in [-0.4, -0.2) is 26.4 Å². The summed E-state index contributed by atoms with van der Waals surface area (Å²) in [7, 11) is 0. The summed E-state index contributed by atoms with van der Waals surface area (Å²) in [6.45, 7) is 3.79. The van der Waals surface area contributed by atoms with Gasteiger partial charge in [-0.3, -0.25) is 0 Å². The van der Waals surface area contributed by atoms with Crippen molar-refractivity contribution in [3.8, 4) is 0 Å². The molecule has 0 radical (unpaired) electrons. The maximum Gasteiger partial charge on any atom is 0.127 e. The molecule has 5 heteroatoms. The number of hydrogen-bond acceptors (Lipinski definition) is 5. The maximum atomic E-state index is 9.44. The van der Waals surface area contributed by atoms with Gasteiger partial charge in [-0.15, -0.1) is 11.3 Å². The molecular formula is C10H12N2OS2. The van der Waals surface area contributed by atoms with Crippen molar-refractivity contribution in [1.29, 1.82) is 0 Å². The minimum atomic E-state index is -0.335. The SMILES string of the molecule is CC(O)C(C)Sc1ncnc2sccc12. The molecule has 2 heterocycles. The molecule has 0 amide bonds. The van der Waals surface area contributed by atoms with E-state index in [-0.39, 0.29) is 11.4 Å². The lowest BCUT2D eigenvalue weighted by atomic mass is 10.3. The van der Waals surface area contributed by atoms with Crippen molar-refractivity contribution in [3.63, 3.8) is 0 Å². The van der Waals surface area contributed by atoms with Gasteiger partial charge < -0.3 is 5.11 Å². The highest BCUT2D eigenvalue weighted by atomic mass is 32.2. The molecule has 1 N–H and O–H groups in total. The molecule has 2 aromatic heterocycles. The molecule has 80 valence electrons. The first-order chi connectivity index (χ1) is 7.18. The number of aliphatic hydroxyl groups excluding tert-OH is 1. The first-order valence-corrected chi connectivity index (χ1v) is 6.47. The molecule has 3 nitrogen and oxygen atoms in total. The molecular weight excluding hydrogens is 228 g/mol. The summed E-state index contributed by atoms with van der Waals surface area (Å²) in [5.41, 5.74) is 0. The van der Waals surface area contributed by atoms with Crippen LogP contribution in [-0.2, 0) is 0 Å². The summed E-state index contributed by atoms with van der Waals surface area (Å²) in [5.74, 6) is 0. The molecule has 0 spiro atoms. The van der Waals surface area contributed by atoms with Crippen LogP contribution in [0.3, 0.4) is 0 Å². The fourth-order valence-corrected chi connectivity index (χ4v) is 2.88. The van der Waals surface area contributed by atoms with Crippen LogP contribution in [0.1, 0.15) is 13.8 Å². The Morgan fingerprint density at radius 3 is 2.93 bits per heavy atom. The fourth-order valence-electron chi connectivity index (χ4n) is 1.14. The van der Waals surface area contributed by atoms with Gasteiger partial charge in [0, 0.05) is 10.6 Å². The van der Waals surface area contributed by atoms with Crippen molar-refractivity contribution in [3.05, 3.63) is 17.8 Å². The maximum absolute atomic E-state index is 9.44. The molecule has 0 aromatic carbocycles. The molecule has 2 atom stereocenters. The van der Waals surface area contributed by atoms with Crippen molar-refractivity contribution >= 4 is 33.3 Å². The van der Waals surface area contributed by atoms with Gasteiger partial charge in [-0.05, 0) is 18.4 Å². The van der Waals surface area contributed by atoms with E-state index >= 15 is 0 Å². The number of rotatable bonds is 3. The van der Waals surface area contributed by atoms with Gasteiger partial charge >= 0.3 is 0 Å². The second kappa shape index (κ2) is 4.47. The Morgan fingerprint density at radius 1 is 1.40 bits per heavy atom. The molecule has 0 saturated heterocycles. The molecule has 0 bridgehead atoms. The second-order valence-electron chi connectivity index (χ2n) is 3.38. The van der Waals surface area contributed by atoms with Gasteiger partial charge in [-0.25, -0.2) is 9.97 Å². The lowest BCUT2D eigenvalue weighted by Gasteiger charge is -2.13. The van der Waals surface area contributed by atoms with E-state index in [1.165, 1.54) is 0 Å². The number of thiophene rings is 1. The molecule has 0 saturated carbocycles. The zero-order chi connectivity index (χ0) is 10.8. The molecule has 0 aliphatic rings. The number of fused-ring (bicyclic) bond motifs is 1. The standard InChI is InChI=1S/C10H12N2OS2/c1-6(13)7(2)15-10-8-3-4-14-9(8)11-5-12-10/h3-7,13H,1-2H3. The minimum absolute atomic E-state index is 0.142. The molecule has 0 aliphatic carbocycles. The van der Waals surface area contributed by atoms with Gasteiger partial charge in [0.25, 0.3) is 0 Å². The molecule has 2 aromatic rings. The largest absolute Gasteiger partial charge is 0.392 e. The van der Waals surface area contributed by atoms with E-state index in [2.05, 4.69) is 9.97 Å². The van der Waals surface area contributed by atoms with E-state index in [1.54, 1.807) is 36.3 Å². The van der Waals surface area contributed by atoms with Gasteiger partial charge in [-0.2, -0.15) is 0 Å². The van der Waals surface area contributed by atoms with Crippen LogP contribution in [0.2, 0.25) is 0 Å². The highest BCUT2D eigenvalue weighted by Gasteiger charge is 2.13. The van der Waals surface area contributed by atoms with Crippen LogP contribution in [0.25, 0.3) is 10.2 Å². The average molecular weight is 240 g/mol. The third-order valence-electron chi connectivity index (χ3n) is 2.20. The Morgan fingerprint density at radius 2 is 2.20 bits per heavy atom. The van der Waals surface area contributed by atoms with Gasteiger partial charge in [-0.1, -0.05) is 18.7 Å². The van der Waals surface area contributed by atoms with Crippen molar-refractivity contribution in [2.75, 3.05) is 0 Å². The number of aliphatic hydroxyl groups is 1. The highest BCUT2D eigenvalue weighted by molar-refractivity contribution is 8.00. The number of nitrogens with zero attached hydrogens (tertiary/aromatic N) is 2. The Hall–Kier alpha value is -0.650. The van der Waals surface area contributed by atoms with Gasteiger partial charge in [0.1, 0.15) is 16.2 Å². The van der Waals surface area contributed by atoms with Gasteiger partial charge in [0.05, 0.1) is 6.10 Å². The van der Waals surface area contributed by atoms with Crippen LogP contribution < -0.4 is 0 Å². The molecule has 2 unspecified atom stereocenters. The van der Waals surface area contributed by atoms with Gasteiger partial charge in [0.15, 0.2) is 0 Å². The molecule has 0 fully saturated rings. The predicted octanol–water partition coefficient (Wildman–Crippen LogP) is 2.55. The van der Waals surface area contributed by atoms with E-state index in [4.69, 9.17) is 0 Å². The Kier molecular flexibility index (Phi) is 3.23. The number of aromatic nitrogens is 2. The quantitative estimate of drug-likeness (QED) is 0.661. The van der Waals surface area contributed by atoms with E-state index in [0.29, 0.717) is 0 Å². The third kappa shape index (κ3) is 2.30. The molecule has 15 heavy (non-hydrogen) atoms. The molecule has 2 rings (SSSR count). The Balaban J connectivity index is 2.31. The number of thioether (sulfide) groups is 1. The van der Waals surface area contributed by atoms with Crippen LogP contribution in [0.4, 0.5) is 0 Å². The third-order valence-corrected chi connectivity index (χ3v) is 4.34. The first kappa shape index (κ1) is 10.9. The van der Waals surface area contributed by atoms with E-state index in [0.717, 1.165) is 15.2 Å². The fraction of sp³-hybridized carbons (Fsp3) is 0.400. The Labute approximate surface area is 96.6 Å². The van der Waals surface area contributed by atoms with Gasteiger partial charge in [0.2, 0.25) is 0 Å². The minimum Gasteiger partial charge on any atom is -0.392 e. The smallest absolute Gasteiger partial charge is 0.127 e. The summed E-state index contributed by atoms with van der Waals surface area (Å²) in [4.78, 5) is 9.44. The summed E-state index contributed by atoms with van der Waals surface area (Å²) in [5, 5.41) is 13.6. The average Bonchev–Trinajstić information content (AvgIpc) is 2.66. The predicted molar refractivity (Wildman–Crippen MR) is 64.4 cm³/mol. The summed E-state index contributed by atoms with van der Waals surface area (Å²) in [6, 6.07) is 2.02. The van der Waals surface area contributed by atoms with Crippen molar-refractivity contribution in [1.82, 2.24) is 9.97 Å². The van der Waals surface area contributed by atoms with Crippen LogP contribution >= 0.6 is 23.1 Å².